The van der Waals surface area contributed by atoms with Gasteiger partial charge in [-0.2, -0.15) is 0 Å². The van der Waals surface area contributed by atoms with Crippen LogP contribution in [0.1, 0.15) is 19.4 Å². The van der Waals surface area contributed by atoms with Crippen molar-refractivity contribution in [1.82, 2.24) is 9.97 Å². The fraction of sp³-hybridized carbons (Fsp3) is 0.214. The van der Waals surface area contributed by atoms with Gasteiger partial charge < -0.3 is 5.32 Å². The fourth-order valence-electron chi connectivity index (χ4n) is 2.23. The van der Waals surface area contributed by atoms with E-state index in [1.54, 1.807) is 12.4 Å². The van der Waals surface area contributed by atoms with Crippen LogP contribution in [0.4, 0.5) is 5.69 Å². The van der Waals surface area contributed by atoms with E-state index >= 15 is 0 Å². The molecule has 1 aromatic carbocycles. The molecular weight excluding hydrogens is 262 g/mol. The summed E-state index contributed by atoms with van der Waals surface area (Å²) < 4.78 is 0. The molecule has 0 saturated carbocycles. The maximum atomic E-state index is 12.0. The third kappa shape index (κ3) is 1.79. The van der Waals surface area contributed by atoms with Gasteiger partial charge in [0.15, 0.2) is 0 Å². The molecule has 0 bridgehead atoms. The van der Waals surface area contributed by atoms with Crippen molar-refractivity contribution in [2.24, 2.45) is 0 Å². The highest BCUT2D eigenvalue weighted by Crippen LogP contribution is 2.43. The first-order valence-electron chi connectivity index (χ1n) is 5.91. The monoisotopic (exact) mass is 273 g/mol. The molecule has 0 spiro atoms. The second-order valence-electron chi connectivity index (χ2n) is 5.09. The van der Waals surface area contributed by atoms with Crippen molar-refractivity contribution in [2.45, 2.75) is 19.3 Å². The number of amides is 1. The van der Waals surface area contributed by atoms with E-state index in [1.807, 2.05) is 26.0 Å². The van der Waals surface area contributed by atoms with E-state index in [0.29, 0.717) is 10.7 Å². The van der Waals surface area contributed by atoms with Gasteiger partial charge in [-0.25, -0.2) is 9.97 Å². The van der Waals surface area contributed by atoms with Gasteiger partial charge in [0.05, 0.1) is 16.1 Å². The predicted molar refractivity (Wildman–Crippen MR) is 74.1 cm³/mol. The minimum atomic E-state index is -0.579. The van der Waals surface area contributed by atoms with Crippen molar-refractivity contribution >= 4 is 23.2 Å². The predicted octanol–water partition coefficient (Wildman–Crippen LogP) is 3.03. The largest absolute Gasteiger partial charge is 0.324 e. The number of anilines is 1. The van der Waals surface area contributed by atoms with Gasteiger partial charge >= 0.3 is 0 Å². The van der Waals surface area contributed by atoms with E-state index in [2.05, 4.69) is 15.3 Å². The van der Waals surface area contributed by atoms with Crippen LogP contribution >= 0.6 is 11.6 Å². The molecule has 19 heavy (non-hydrogen) atoms. The fourth-order valence-corrected chi connectivity index (χ4v) is 2.50. The zero-order valence-corrected chi connectivity index (χ0v) is 11.3. The Morgan fingerprint density at radius 2 is 1.84 bits per heavy atom. The molecule has 5 heteroatoms. The molecule has 0 unspecified atom stereocenters. The van der Waals surface area contributed by atoms with E-state index < -0.39 is 5.41 Å². The molecule has 1 amide bonds. The molecule has 96 valence electrons. The number of hydrogen-bond acceptors (Lipinski definition) is 3. The van der Waals surface area contributed by atoms with Crippen LogP contribution in [0.3, 0.4) is 0 Å². The summed E-state index contributed by atoms with van der Waals surface area (Å²) in [4.78, 5) is 20.0. The second kappa shape index (κ2) is 4.03. The maximum absolute atomic E-state index is 12.0. The average molecular weight is 274 g/mol. The highest BCUT2D eigenvalue weighted by molar-refractivity contribution is 6.35. The molecule has 0 radical (unpaired) electrons. The number of benzene rings is 1. The molecule has 0 atom stereocenters. The molecule has 2 aromatic rings. The zero-order valence-electron chi connectivity index (χ0n) is 10.6. The van der Waals surface area contributed by atoms with Crippen molar-refractivity contribution in [1.29, 1.82) is 0 Å². The zero-order chi connectivity index (χ0) is 13.6. The Morgan fingerprint density at radius 3 is 2.53 bits per heavy atom. The summed E-state index contributed by atoms with van der Waals surface area (Å²) in [5, 5.41) is 3.37. The first kappa shape index (κ1) is 12.1. The summed E-state index contributed by atoms with van der Waals surface area (Å²) in [6.07, 6.45) is 4.93. The highest BCUT2D eigenvalue weighted by atomic mass is 35.5. The molecule has 0 fully saturated rings. The number of hydrogen-bond donors (Lipinski definition) is 1. The molecule has 1 aliphatic heterocycles. The quantitative estimate of drug-likeness (QED) is 0.869. The smallest absolute Gasteiger partial charge is 0.234 e. The van der Waals surface area contributed by atoms with Crippen LogP contribution in [0, 0.1) is 0 Å². The summed E-state index contributed by atoms with van der Waals surface area (Å²) in [6, 6.07) is 3.79. The van der Waals surface area contributed by atoms with Gasteiger partial charge in [0.1, 0.15) is 6.33 Å². The Hall–Kier alpha value is -1.94. The average Bonchev–Trinajstić information content (AvgIpc) is 2.63. The number of carbonyl (C=O) groups excluding carboxylic acids is 1. The normalized spacial score (nSPS) is 16.1. The summed E-state index contributed by atoms with van der Waals surface area (Å²) >= 11 is 6.26. The number of rotatable bonds is 1. The highest BCUT2D eigenvalue weighted by Gasteiger charge is 2.39. The summed E-state index contributed by atoms with van der Waals surface area (Å²) in [6.45, 7) is 3.77. The van der Waals surface area contributed by atoms with Crippen molar-refractivity contribution in [2.75, 3.05) is 5.32 Å². The summed E-state index contributed by atoms with van der Waals surface area (Å²) in [5.74, 6) is -0.0362. The molecule has 1 N–H and O–H groups in total. The van der Waals surface area contributed by atoms with Crippen molar-refractivity contribution in [3.8, 4) is 11.1 Å². The molecule has 2 heterocycles. The lowest BCUT2D eigenvalue weighted by Gasteiger charge is -2.16. The lowest BCUT2D eigenvalue weighted by molar-refractivity contribution is -0.119. The van der Waals surface area contributed by atoms with Crippen LogP contribution in [-0.2, 0) is 10.2 Å². The lowest BCUT2D eigenvalue weighted by atomic mass is 9.85. The minimum Gasteiger partial charge on any atom is -0.324 e. The van der Waals surface area contributed by atoms with Gasteiger partial charge in [-0.15, -0.1) is 0 Å². The Kier molecular flexibility index (Phi) is 2.57. The Bertz CT molecular complexity index is 668. The first-order valence-corrected chi connectivity index (χ1v) is 6.29. The van der Waals surface area contributed by atoms with Gasteiger partial charge in [0, 0.05) is 18.0 Å². The number of nitrogens with one attached hydrogen (secondary N) is 1. The van der Waals surface area contributed by atoms with E-state index in [4.69, 9.17) is 11.6 Å². The van der Waals surface area contributed by atoms with Crippen LogP contribution in [-0.4, -0.2) is 15.9 Å². The van der Waals surface area contributed by atoms with E-state index in [1.165, 1.54) is 6.33 Å². The maximum Gasteiger partial charge on any atom is 0.234 e. The topological polar surface area (TPSA) is 54.9 Å². The number of carbonyl (C=O) groups is 1. The Balaban J connectivity index is 2.21. The van der Waals surface area contributed by atoms with Crippen LogP contribution in [0.25, 0.3) is 11.1 Å². The van der Waals surface area contributed by atoms with E-state index in [9.17, 15) is 4.79 Å². The number of halogens is 1. The molecule has 3 rings (SSSR count). The lowest BCUT2D eigenvalue weighted by Crippen LogP contribution is -2.26. The molecular formula is C14H12ClN3O. The summed E-state index contributed by atoms with van der Waals surface area (Å²) in [5.41, 5.74) is 2.82. The van der Waals surface area contributed by atoms with Gasteiger partial charge in [0.25, 0.3) is 0 Å². The molecule has 1 aliphatic rings. The van der Waals surface area contributed by atoms with Crippen LogP contribution in [0.15, 0.2) is 30.9 Å². The SMILES string of the molecule is CC1(C)C(=O)Nc2c(Cl)cc(-c3cncnc3)cc21. The molecule has 4 nitrogen and oxygen atoms in total. The van der Waals surface area contributed by atoms with Gasteiger partial charge in [0.2, 0.25) is 5.91 Å². The number of aromatic nitrogens is 2. The van der Waals surface area contributed by atoms with E-state index in [-0.39, 0.29) is 5.91 Å². The number of fused-ring (bicyclic) bond motifs is 1. The molecule has 0 saturated heterocycles. The molecule has 1 aromatic heterocycles. The van der Waals surface area contributed by atoms with Crippen molar-refractivity contribution < 1.29 is 4.79 Å². The van der Waals surface area contributed by atoms with E-state index in [0.717, 1.165) is 16.7 Å². The van der Waals surface area contributed by atoms with Gasteiger partial charge in [-0.3, -0.25) is 4.79 Å². The van der Waals surface area contributed by atoms with Crippen LogP contribution in [0.5, 0.6) is 0 Å². The molecule has 0 aliphatic carbocycles. The van der Waals surface area contributed by atoms with Gasteiger partial charge in [-0.1, -0.05) is 11.6 Å². The summed E-state index contributed by atoms with van der Waals surface area (Å²) in [7, 11) is 0. The van der Waals surface area contributed by atoms with Crippen LogP contribution in [0.2, 0.25) is 5.02 Å². The third-order valence-corrected chi connectivity index (χ3v) is 3.76. The Labute approximate surface area is 115 Å². The standard InChI is InChI=1S/C14H12ClN3O/c1-14(2)10-3-8(9-5-16-7-17-6-9)4-11(15)12(10)18-13(14)19/h3-7H,1-2H3,(H,18,19). The first-order chi connectivity index (χ1) is 9.00. The Morgan fingerprint density at radius 1 is 1.16 bits per heavy atom. The minimum absolute atomic E-state index is 0.0362. The van der Waals surface area contributed by atoms with Gasteiger partial charge in [-0.05, 0) is 37.1 Å². The third-order valence-electron chi connectivity index (χ3n) is 3.46. The second-order valence-corrected chi connectivity index (χ2v) is 5.49. The van der Waals surface area contributed by atoms with Crippen LogP contribution < -0.4 is 5.32 Å². The van der Waals surface area contributed by atoms with Crippen molar-refractivity contribution in [3.63, 3.8) is 0 Å². The number of nitrogens with zero attached hydrogens (tertiary/aromatic N) is 2. The van der Waals surface area contributed by atoms with Crippen molar-refractivity contribution in [3.05, 3.63) is 41.4 Å².